The molecule has 84 valence electrons. The number of nitriles is 1. The molecule has 0 spiro atoms. The summed E-state index contributed by atoms with van der Waals surface area (Å²) < 4.78 is 5.63. The number of anilines is 1. The van der Waals surface area contributed by atoms with Crippen molar-refractivity contribution in [3.05, 3.63) is 29.8 Å². The fourth-order valence-corrected chi connectivity index (χ4v) is 1.86. The minimum atomic E-state index is 0.337. The lowest BCUT2D eigenvalue weighted by molar-refractivity contribution is 0.0247. The van der Waals surface area contributed by atoms with Gasteiger partial charge in [0.25, 0.3) is 0 Å². The average molecular weight is 216 g/mol. The molecule has 0 bridgehead atoms. The Morgan fingerprint density at radius 1 is 1.31 bits per heavy atom. The monoisotopic (exact) mass is 216 g/mol. The first kappa shape index (κ1) is 11.0. The van der Waals surface area contributed by atoms with Crippen molar-refractivity contribution < 1.29 is 4.74 Å². The normalized spacial score (nSPS) is 20.1. The molecule has 1 aliphatic rings. The average Bonchev–Trinajstić information content (AvgIpc) is 2.38. The van der Waals surface area contributed by atoms with E-state index >= 15 is 0 Å². The fraction of sp³-hybridized carbons (Fsp3) is 0.462. The Hall–Kier alpha value is -1.53. The van der Waals surface area contributed by atoms with E-state index in [4.69, 9.17) is 10.00 Å². The maximum absolute atomic E-state index is 8.67. The predicted octanol–water partition coefficient (Wildman–Crippen LogP) is 2.54. The van der Waals surface area contributed by atoms with Crippen LogP contribution in [0.25, 0.3) is 0 Å². The summed E-state index contributed by atoms with van der Waals surface area (Å²) in [5.74, 6) is 0. The molecule has 1 N–H and O–H groups in total. The number of benzene rings is 1. The van der Waals surface area contributed by atoms with Gasteiger partial charge in [-0.1, -0.05) is 0 Å². The van der Waals surface area contributed by atoms with Gasteiger partial charge in [0.15, 0.2) is 0 Å². The Morgan fingerprint density at radius 2 is 2.12 bits per heavy atom. The van der Waals surface area contributed by atoms with E-state index in [0.717, 1.165) is 25.3 Å². The lowest BCUT2D eigenvalue weighted by atomic mass is 10.1. The lowest BCUT2D eigenvalue weighted by Crippen LogP contribution is -2.26. The summed E-state index contributed by atoms with van der Waals surface area (Å²) in [5, 5.41) is 12.0. The van der Waals surface area contributed by atoms with Gasteiger partial charge in [0, 0.05) is 18.8 Å². The molecule has 1 atom stereocenters. The standard InChI is InChI=1S/C13H16N2O/c14-9-11-4-6-12(7-5-11)15-10-13-3-1-2-8-16-13/h4-7,13,15H,1-3,8,10H2. The van der Waals surface area contributed by atoms with E-state index in [1.54, 1.807) is 0 Å². The van der Waals surface area contributed by atoms with Crippen molar-refractivity contribution in [1.82, 2.24) is 0 Å². The van der Waals surface area contributed by atoms with E-state index in [2.05, 4.69) is 11.4 Å². The first-order valence-electron chi connectivity index (χ1n) is 5.74. The highest BCUT2D eigenvalue weighted by Gasteiger charge is 2.12. The van der Waals surface area contributed by atoms with Crippen molar-refractivity contribution in [2.24, 2.45) is 0 Å². The molecule has 0 radical (unpaired) electrons. The van der Waals surface area contributed by atoms with E-state index in [9.17, 15) is 0 Å². The number of hydrogen-bond donors (Lipinski definition) is 1. The van der Waals surface area contributed by atoms with Crippen molar-refractivity contribution in [1.29, 1.82) is 5.26 Å². The Labute approximate surface area is 96.0 Å². The summed E-state index contributed by atoms with van der Waals surface area (Å²) in [6, 6.07) is 9.62. The van der Waals surface area contributed by atoms with E-state index in [-0.39, 0.29) is 0 Å². The summed E-state index contributed by atoms with van der Waals surface area (Å²) in [6.07, 6.45) is 3.93. The molecule has 0 aromatic heterocycles. The topological polar surface area (TPSA) is 45.0 Å². The quantitative estimate of drug-likeness (QED) is 0.844. The molecule has 1 aliphatic heterocycles. The molecule has 1 aromatic rings. The summed E-state index contributed by atoms with van der Waals surface area (Å²) in [7, 11) is 0. The van der Waals surface area contributed by atoms with Crippen molar-refractivity contribution >= 4 is 5.69 Å². The van der Waals surface area contributed by atoms with Crippen LogP contribution in [0.1, 0.15) is 24.8 Å². The zero-order valence-electron chi connectivity index (χ0n) is 9.28. The minimum Gasteiger partial charge on any atom is -0.382 e. The van der Waals surface area contributed by atoms with Crippen molar-refractivity contribution in [3.63, 3.8) is 0 Å². The number of ether oxygens (including phenoxy) is 1. The van der Waals surface area contributed by atoms with Crippen LogP contribution in [0.4, 0.5) is 5.69 Å². The van der Waals surface area contributed by atoms with Gasteiger partial charge in [0.1, 0.15) is 0 Å². The van der Waals surface area contributed by atoms with Gasteiger partial charge in [0.2, 0.25) is 0 Å². The fourth-order valence-electron chi connectivity index (χ4n) is 1.86. The molecule has 0 amide bonds. The summed E-state index contributed by atoms with van der Waals surface area (Å²) in [5.41, 5.74) is 1.74. The number of hydrogen-bond acceptors (Lipinski definition) is 3. The van der Waals surface area contributed by atoms with Gasteiger partial charge in [-0.2, -0.15) is 5.26 Å². The Balaban J connectivity index is 1.82. The first-order chi connectivity index (χ1) is 7.88. The molecule has 1 saturated heterocycles. The molecule has 3 nitrogen and oxygen atoms in total. The maximum atomic E-state index is 8.67. The Kier molecular flexibility index (Phi) is 3.79. The second-order valence-corrected chi connectivity index (χ2v) is 4.06. The summed E-state index contributed by atoms with van der Waals surface area (Å²) >= 11 is 0. The van der Waals surface area contributed by atoms with Gasteiger partial charge in [-0.15, -0.1) is 0 Å². The molecule has 16 heavy (non-hydrogen) atoms. The van der Waals surface area contributed by atoms with Crippen molar-refractivity contribution in [2.75, 3.05) is 18.5 Å². The number of nitrogens with one attached hydrogen (secondary N) is 1. The van der Waals surface area contributed by atoms with Gasteiger partial charge >= 0.3 is 0 Å². The van der Waals surface area contributed by atoms with Gasteiger partial charge in [-0.25, -0.2) is 0 Å². The van der Waals surface area contributed by atoms with E-state index < -0.39 is 0 Å². The van der Waals surface area contributed by atoms with Crippen molar-refractivity contribution in [2.45, 2.75) is 25.4 Å². The SMILES string of the molecule is N#Cc1ccc(NCC2CCCCO2)cc1. The smallest absolute Gasteiger partial charge is 0.0991 e. The molecule has 0 aliphatic carbocycles. The van der Waals surface area contributed by atoms with Crippen molar-refractivity contribution in [3.8, 4) is 6.07 Å². The summed E-state index contributed by atoms with van der Waals surface area (Å²) in [4.78, 5) is 0. The summed E-state index contributed by atoms with van der Waals surface area (Å²) in [6.45, 7) is 1.74. The van der Waals surface area contributed by atoms with Crippen LogP contribution < -0.4 is 5.32 Å². The lowest BCUT2D eigenvalue weighted by Gasteiger charge is -2.23. The zero-order chi connectivity index (χ0) is 11.2. The van der Waals surface area contributed by atoms with E-state index in [1.165, 1.54) is 12.8 Å². The van der Waals surface area contributed by atoms with Crippen LogP contribution in [0.2, 0.25) is 0 Å². The molecule has 1 aromatic carbocycles. The van der Waals surface area contributed by atoms with Crippen LogP contribution in [0, 0.1) is 11.3 Å². The molecular weight excluding hydrogens is 200 g/mol. The van der Waals surface area contributed by atoms with Crippen LogP contribution in [0.5, 0.6) is 0 Å². The molecule has 2 rings (SSSR count). The zero-order valence-corrected chi connectivity index (χ0v) is 9.28. The molecule has 1 fully saturated rings. The van der Waals surface area contributed by atoms with Gasteiger partial charge in [-0.3, -0.25) is 0 Å². The predicted molar refractivity (Wildman–Crippen MR) is 63.2 cm³/mol. The third kappa shape index (κ3) is 2.98. The molecule has 0 saturated carbocycles. The Bertz CT molecular complexity index is 361. The third-order valence-corrected chi connectivity index (χ3v) is 2.82. The molecule has 3 heteroatoms. The molecule has 1 heterocycles. The van der Waals surface area contributed by atoms with Gasteiger partial charge in [0.05, 0.1) is 17.7 Å². The number of rotatable bonds is 3. The van der Waals surface area contributed by atoms with Crippen LogP contribution >= 0.6 is 0 Å². The highest BCUT2D eigenvalue weighted by molar-refractivity contribution is 5.47. The largest absolute Gasteiger partial charge is 0.382 e. The maximum Gasteiger partial charge on any atom is 0.0991 e. The second kappa shape index (κ2) is 5.53. The van der Waals surface area contributed by atoms with Crippen LogP contribution in [0.15, 0.2) is 24.3 Å². The first-order valence-corrected chi connectivity index (χ1v) is 5.74. The second-order valence-electron chi connectivity index (χ2n) is 4.06. The van der Waals surface area contributed by atoms with E-state index in [0.29, 0.717) is 11.7 Å². The minimum absolute atomic E-state index is 0.337. The van der Waals surface area contributed by atoms with Gasteiger partial charge in [-0.05, 0) is 43.5 Å². The molecule has 1 unspecified atom stereocenters. The van der Waals surface area contributed by atoms with Crippen LogP contribution in [0.3, 0.4) is 0 Å². The van der Waals surface area contributed by atoms with E-state index in [1.807, 2.05) is 24.3 Å². The molecular formula is C13H16N2O. The highest BCUT2D eigenvalue weighted by Crippen LogP contribution is 2.14. The number of nitrogens with zero attached hydrogens (tertiary/aromatic N) is 1. The third-order valence-electron chi connectivity index (χ3n) is 2.82. The van der Waals surface area contributed by atoms with Crippen LogP contribution in [-0.2, 0) is 4.74 Å². The Morgan fingerprint density at radius 3 is 2.75 bits per heavy atom. The van der Waals surface area contributed by atoms with Crippen LogP contribution in [-0.4, -0.2) is 19.3 Å². The van der Waals surface area contributed by atoms with Gasteiger partial charge < -0.3 is 10.1 Å². The highest BCUT2D eigenvalue weighted by atomic mass is 16.5.